The summed E-state index contributed by atoms with van der Waals surface area (Å²) in [5.74, 6) is -6.29. The van der Waals surface area contributed by atoms with Gasteiger partial charge in [-0.05, 0) is 101 Å². The molecule has 2 aromatic carbocycles. The van der Waals surface area contributed by atoms with E-state index in [1.165, 1.54) is 25.3 Å². The van der Waals surface area contributed by atoms with Gasteiger partial charge in [0.1, 0.15) is 22.8 Å². The standard InChI is InChI=1S/C36H41N3O8/c1-19(40)27-32(43)30(38(2)3)25-18-22-17-24-23(10-11-26(41)29(24)31(42)28(22)34(45)36(25,47)33(27)44)20-8-7-9-21(16-20)35(46)37-12-15-39-13-5-4-6-14-39/h7-11,16,22,25,30,41,43,45,47H,4-6,12-15,17-18H2,1-3H3,(H,37,46)/t22-,25-,30+,36+/m0/s1. The van der Waals surface area contributed by atoms with Gasteiger partial charge in [-0.1, -0.05) is 24.6 Å². The first kappa shape index (κ1) is 32.6. The number of nitrogens with one attached hydrogen (secondary N) is 1. The van der Waals surface area contributed by atoms with Crippen molar-refractivity contribution in [2.24, 2.45) is 11.8 Å². The number of benzene rings is 2. The first-order chi connectivity index (χ1) is 22.4. The largest absolute Gasteiger partial charge is 0.510 e. The number of carbonyl (C=O) groups is 4. The van der Waals surface area contributed by atoms with E-state index in [2.05, 4.69) is 10.2 Å². The molecule has 1 amide bonds. The molecule has 3 aliphatic carbocycles. The van der Waals surface area contributed by atoms with E-state index in [1.807, 2.05) is 6.07 Å². The number of aromatic hydroxyl groups is 1. The number of phenolic OH excluding ortho intramolecular Hbond substituents is 1. The zero-order valence-corrected chi connectivity index (χ0v) is 26.9. The molecule has 1 heterocycles. The summed E-state index contributed by atoms with van der Waals surface area (Å²) in [6.45, 7) is 4.47. The Morgan fingerprint density at radius 2 is 1.77 bits per heavy atom. The zero-order chi connectivity index (χ0) is 33.8. The molecule has 0 spiro atoms. The predicted octanol–water partition coefficient (Wildman–Crippen LogP) is 3.11. The third-order valence-corrected chi connectivity index (χ3v) is 10.3. The molecule has 4 aliphatic rings. The molecule has 6 rings (SSSR count). The highest BCUT2D eigenvalue weighted by Crippen LogP contribution is 2.53. The van der Waals surface area contributed by atoms with Crippen LogP contribution in [0.25, 0.3) is 11.1 Å². The summed E-state index contributed by atoms with van der Waals surface area (Å²) < 4.78 is 0. The Morgan fingerprint density at radius 1 is 1.04 bits per heavy atom. The summed E-state index contributed by atoms with van der Waals surface area (Å²) in [5, 5.41) is 48.4. The van der Waals surface area contributed by atoms with E-state index in [1.54, 1.807) is 43.3 Å². The number of nitrogens with zero attached hydrogens (tertiary/aromatic N) is 2. The number of amides is 1. The van der Waals surface area contributed by atoms with Crippen molar-refractivity contribution in [3.63, 3.8) is 0 Å². The zero-order valence-electron chi connectivity index (χ0n) is 26.9. The third-order valence-electron chi connectivity index (χ3n) is 10.3. The minimum absolute atomic E-state index is 0.0272. The number of fused-ring (bicyclic) bond motifs is 3. The molecule has 0 saturated carbocycles. The van der Waals surface area contributed by atoms with E-state index >= 15 is 0 Å². The Morgan fingerprint density at radius 3 is 2.45 bits per heavy atom. The van der Waals surface area contributed by atoms with E-state index in [0.29, 0.717) is 28.8 Å². The van der Waals surface area contributed by atoms with E-state index in [9.17, 15) is 39.6 Å². The minimum atomic E-state index is -2.62. The summed E-state index contributed by atoms with van der Waals surface area (Å²) in [4.78, 5) is 57.1. The average Bonchev–Trinajstić information content (AvgIpc) is 3.03. The molecule has 0 radical (unpaired) electrons. The first-order valence-corrected chi connectivity index (χ1v) is 16.2. The van der Waals surface area contributed by atoms with Crippen LogP contribution in [-0.4, -0.2) is 105 Å². The molecule has 0 aromatic heterocycles. The SMILES string of the molecule is CC(=O)C1=C(O)[C@H](N(C)C)[C@@H]2C[C@@H]3Cc4c(-c5cccc(C(=O)NCCN6CCCCC6)c5)ccc(O)c4C(=O)C3=C(O)[C@]2(O)C1=O. The molecule has 47 heavy (non-hydrogen) atoms. The fourth-order valence-corrected chi connectivity index (χ4v) is 8.06. The van der Waals surface area contributed by atoms with Crippen molar-refractivity contribution in [2.45, 2.75) is 50.7 Å². The van der Waals surface area contributed by atoms with Gasteiger partial charge in [0.2, 0.25) is 5.78 Å². The normalized spacial score (nSPS) is 26.2. The van der Waals surface area contributed by atoms with Gasteiger partial charge in [0.15, 0.2) is 17.2 Å². The summed E-state index contributed by atoms with van der Waals surface area (Å²) in [6.07, 6.45) is 3.78. The summed E-state index contributed by atoms with van der Waals surface area (Å²) >= 11 is 0. The van der Waals surface area contributed by atoms with Crippen molar-refractivity contribution in [1.82, 2.24) is 15.1 Å². The van der Waals surface area contributed by atoms with Gasteiger partial charge in [-0.15, -0.1) is 0 Å². The fourth-order valence-electron chi connectivity index (χ4n) is 8.06. The number of ketones is 3. The number of hydrogen-bond donors (Lipinski definition) is 5. The van der Waals surface area contributed by atoms with Crippen LogP contribution in [0.2, 0.25) is 0 Å². The molecule has 0 unspecified atom stereocenters. The van der Waals surface area contributed by atoms with Gasteiger partial charge in [-0.3, -0.25) is 24.1 Å². The van der Waals surface area contributed by atoms with Gasteiger partial charge in [-0.25, -0.2) is 0 Å². The number of likely N-dealkylation sites (tertiary alicyclic amines) is 1. The maximum atomic E-state index is 14.1. The highest BCUT2D eigenvalue weighted by molar-refractivity contribution is 6.25. The maximum Gasteiger partial charge on any atom is 0.251 e. The molecular weight excluding hydrogens is 602 g/mol. The molecule has 5 N–H and O–H groups in total. The summed E-state index contributed by atoms with van der Waals surface area (Å²) in [7, 11) is 3.25. The molecule has 4 atom stereocenters. The van der Waals surface area contributed by atoms with E-state index in [-0.39, 0.29) is 35.6 Å². The number of aliphatic hydroxyl groups excluding tert-OH is 2. The lowest BCUT2D eigenvalue weighted by atomic mass is 9.58. The number of rotatable bonds is 7. The number of piperidine rings is 1. The minimum Gasteiger partial charge on any atom is -0.510 e. The molecule has 1 fully saturated rings. The van der Waals surface area contributed by atoms with Gasteiger partial charge in [0.25, 0.3) is 5.91 Å². The van der Waals surface area contributed by atoms with Gasteiger partial charge >= 0.3 is 0 Å². The van der Waals surface area contributed by atoms with Crippen LogP contribution in [0.1, 0.15) is 58.9 Å². The van der Waals surface area contributed by atoms with Gasteiger partial charge in [0.05, 0.1) is 11.6 Å². The second kappa shape index (κ2) is 12.4. The fraction of sp³-hybridized carbons (Fsp3) is 0.444. The monoisotopic (exact) mass is 643 g/mol. The molecule has 1 saturated heterocycles. The summed E-state index contributed by atoms with van der Waals surface area (Å²) in [5.41, 5.74) is -1.24. The highest BCUT2D eigenvalue weighted by Gasteiger charge is 2.63. The molecule has 11 heteroatoms. The molecule has 11 nitrogen and oxygen atoms in total. The van der Waals surface area contributed by atoms with Crippen molar-refractivity contribution in [2.75, 3.05) is 40.3 Å². The topological polar surface area (TPSA) is 168 Å². The van der Waals surface area contributed by atoms with Crippen LogP contribution in [0.15, 0.2) is 59.1 Å². The number of carbonyl (C=O) groups excluding carboxylic acids is 4. The second-order valence-electron chi connectivity index (χ2n) is 13.4. The number of likely N-dealkylation sites (N-methyl/N-ethyl adjacent to an activating group) is 1. The van der Waals surface area contributed by atoms with Crippen molar-refractivity contribution >= 4 is 23.3 Å². The molecular formula is C36H41N3O8. The Kier molecular flexibility index (Phi) is 8.58. The second-order valence-corrected chi connectivity index (χ2v) is 13.4. The van der Waals surface area contributed by atoms with E-state index < -0.39 is 57.9 Å². The van der Waals surface area contributed by atoms with Crippen LogP contribution in [0.5, 0.6) is 5.75 Å². The Labute approximate surface area is 273 Å². The average molecular weight is 644 g/mol. The Bertz CT molecular complexity index is 1740. The summed E-state index contributed by atoms with van der Waals surface area (Å²) in [6, 6.07) is 9.09. The molecule has 1 aliphatic heterocycles. The smallest absolute Gasteiger partial charge is 0.251 e. The Hall–Kier alpha value is -4.32. The van der Waals surface area contributed by atoms with Crippen molar-refractivity contribution in [3.05, 3.63) is 75.8 Å². The molecule has 2 aromatic rings. The number of aliphatic hydroxyl groups is 3. The van der Waals surface area contributed by atoms with Crippen molar-refractivity contribution in [1.29, 1.82) is 0 Å². The van der Waals surface area contributed by atoms with Crippen LogP contribution in [0.3, 0.4) is 0 Å². The number of hydrogen-bond acceptors (Lipinski definition) is 10. The lowest BCUT2D eigenvalue weighted by Crippen LogP contribution is -2.63. The van der Waals surface area contributed by atoms with Crippen LogP contribution in [0.4, 0.5) is 0 Å². The lowest BCUT2D eigenvalue weighted by molar-refractivity contribution is -0.148. The van der Waals surface area contributed by atoms with Crippen LogP contribution in [0, 0.1) is 11.8 Å². The van der Waals surface area contributed by atoms with Crippen LogP contribution in [-0.2, 0) is 16.0 Å². The first-order valence-electron chi connectivity index (χ1n) is 16.2. The van der Waals surface area contributed by atoms with E-state index in [0.717, 1.165) is 26.6 Å². The third kappa shape index (κ3) is 5.36. The Balaban J connectivity index is 1.35. The highest BCUT2D eigenvalue weighted by atomic mass is 16.3. The predicted molar refractivity (Wildman–Crippen MR) is 173 cm³/mol. The van der Waals surface area contributed by atoms with Crippen LogP contribution >= 0.6 is 0 Å². The lowest BCUT2D eigenvalue weighted by Gasteiger charge is -2.50. The number of phenols is 1. The van der Waals surface area contributed by atoms with Gasteiger partial charge in [0, 0.05) is 30.1 Å². The molecule has 0 bridgehead atoms. The quantitative estimate of drug-likeness (QED) is 0.283. The van der Waals surface area contributed by atoms with Crippen molar-refractivity contribution in [3.8, 4) is 16.9 Å². The van der Waals surface area contributed by atoms with Crippen molar-refractivity contribution < 1.29 is 39.6 Å². The maximum absolute atomic E-state index is 14.1. The number of Topliss-reactive ketones (excluding diaryl/α,β-unsaturated/α-hetero) is 3. The van der Waals surface area contributed by atoms with E-state index in [4.69, 9.17) is 0 Å². The number of allylic oxidation sites excluding steroid dienone is 1. The van der Waals surface area contributed by atoms with Gasteiger partial charge < -0.3 is 30.6 Å². The van der Waals surface area contributed by atoms with Gasteiger partial charge in [-0.2, -0.15) is 0 Å². The molecule has 248 valence electrons. The van der Waals surface area contributed by atoms with Crippen LogP contribution < -0.4 is 5.32 Å².